The third-order valence-electron chi connectivity index (χ3n) is 1.08. The lowest BCUT2D eigenvalue weighted by molar-refractivity contribution is 1.04. The minimum atomic E-state index is 0. The van der Waals surface area contributed by atoms with Crippen molar-refractivity contribution in [3.8, 4) is 0 Å². The third-order valence-corrected chi connectivity index (χ3v) is 1.27. The smallest absolute Gasteiger partial charge is 0.0415 e. The van der Waals surface area contributed by atoms with E-state index in [1.165, 1.54) is 0 Å². The molecule has 0 aromatic carbocycles. The lowest BCUT2D eigenvalue weighted by atomic mass is 10.3. The van der Waals surface area contributed by atoms with Crippen LogP contribution in [0.15, 0.2) is 24.4 Å². The van der Waals surface area contributed by atoms with Gasteiger partial charge >= 0.3 is 0 Å². The molecule has 1 aromatic rings. The fourth-order valence-electron chi connectivity index (χ4n) is 0.643. The number of nitrogens with zero attached hydrogens (tertiary/aromatic N) is 1. The first-order valence-corrected chi connectivity index (χ1v) is 3.43. The second-order valence-corrected chi connectivity index (χ2v) is 2.14. The Bertz CT molecular complexity index is 165. The largest absolute Gasteiger partial charge is 0.261 e. The average Bonchev–Trinajstić information content (AvgIpc) is 1.91. The summed E-state index contributed by atoms with van der Waals surface area (Å²) in [7, 11) is 0. The van der Waals surface area contributed by atoms with Crippen molar-refractivity contribution in [2.45, 2.75) is 6.42 Å². The Morgan fingerprint density at radius 1 is 1.40 bits per heavy atom. The van der Waals surface area contributed by atoms with Crippen LogP contribution in [-0.2, 0) is 6.42 Å². The van der Waals surface area contributed by atoms with Gasteiger partial charge in [-0.25, -0.2) is 0 Å². The third kappa shape index (κ3) is 3.04. The molecule has 1 heterocycles. The van der Waals surface area contributed by atoms with Gasteiger partial charge in [0.15, 0.2) is 0 Å². The van der Waals surface area contributed by atoms with Crippen molar-refractivity contribution >= 4 is 24.0 Å². The predicted molar refractivity (Wildman–Crippen MR) is 45.9 cm³/mol. The molecule has 0 unspecified atom stereocenters. The number of hydrogen-bond donors (Lipinski definition) is 0. The minimum Gasteiger partial charge on any atom is -0.261 e. The molecule has 3 heteroatoms. The molecule has 10 heavy (non-hydrogen) atoms. The SMILES string of the molecule is Cl.ClCCc1ccccn1. The van der Waals surface area contributed by atoms with Crippen LogP contribution in [0.5, 0.6) is 0 Å². The first-order valence-electron chi connectivity index (χ1n) is 2.89. The summed E-state index contributed by atoms with van der Waals surface area (Å²) in [5.41, 5.74) is 1.06. The summed E-state index contributed by atoms with van der Waals surface area (Å²) in [6.07, 6.45) is 2.64. The van der Waals surface area contributed by atoms with E-state index in [1.807, 2.05) is 18.2 Å². The minimum absolute atomic E-state index is 0. The average molecular weight is 178 g/mol. The Hall–Kier alpha value is -0.270. The number of pyridine rings is 1. The fourth-order valence-corrected chi connectivity index (χ4v) is 0.836. The highest BCUT2D eigenvalue weighted by atomic mass is 35.5. The molecule has 0 aliphatic rings. The summed E-state index contributed by atoms with van der Waals surface area (Å²) in [5, 5.41) is 0. The van der Waals surface area contributed by atoms with Gasteiger partial charge in [0.25, 0.3) is 0 Å². The topological polar surface area (TPSA) is 12.9 Å². The highest BCUT2D eigenvalue weighted by Gasteiger charge is 1.87. The summed E-state index contributed by atoms with van der Waals surface area (Å²) in [5.74, 6) is 0.650. The van der Waals surface area contributed by atoms with Gasteiger partial charge < -0.3 is 0 Å². The second-order valence-electron chi connectivity index (χ2n) is 1.76. The molecule has 0 bridgehead atoms. The van der Waals surface area contributed by atoms with Gasteiger partial charge in [-0.3, -0.25) is 4.98 Å². The van der Waals surface area contributed by atoms with Gasteiger partial charge in [-0.1, -0.05) is 6.07 Å². The van der Waals surface area contributed by atoms with Gasteiger partial charge in [0.2, 0.25) is 0 Å². The van der Waals surface area contributed by atoms with Crippen LogP contribution in [0.25, 0.3) is 0 Å². The Balaban J connectivity index is 0.000000810. The molecule has 1 nitrogen and oxygen atoms in total. The molecule has 0 saturated heterocycles. The Morgan fingerprint density at radius 2 is 2.20 bits per heavy atom. The van der Waals surface area contributed by atoms with E-state index in [2.05, 4.69) is 4.98 Å². The van der Waals surface area contributed by atoms with Crippen molar-refractivity contribution in [2.24, 2.45) is 0 Å². The van der Waals surface area contributed by atoms with E-state index in [0.717, 1.165) is 12.1 Å². The second kappa shape index (κ2) is 5.51. The lowest BCUT2D eigenvalue weighted by Crippen LogP contribution is -1.87. The van der Waals surface area contributed by atoms with E-state index >= 15 is 0 Å². The van der Waals surface area contributed by atoms with Crippen LogP contribution in [0.3, 0.4) is 0 Å². The summed E-state index contributed by atoms with van der Waals surface area (Å²) in [6.45, 7) is 0. The summed E-state index contributed by atoms with van der Waals surface area (Å²) in [4.78, 5) is 4.08. The zero-order chi connectivity index (χ0) is 6.53. The van der Waals surface area contributed by atoms with Crippen molar-refractivity contribution in [2.75, 3.05) is 5.88 Å². The molecular weight excluding hydrogens is 169 g/mol. The molecule has 1 rings (SSSR count). The lowest BCUT2D eigenvalue weighted by Gasteiger charge is -1.91. The maximum atomic E-state index is 5.50. The Morgan fingerprint density at radius 3 is 2.70 bits per heavy atom. The van der Waals surface area contributed by atoms with Crippen LogP contribution < -0.4 is 0 Å². The van der Waals surface area contributed by atoms with Crippen molar-refractivity contribution in [3.05, 3.63) is 30.1 Å². The molecule has 0 amide bonds. The van der Waals surface area contributed by atoms with E-state index < -0.39 is 0 Å². The Labute approximate surface area is 71.8 Å². The maximum absolute atomic E-state index is 5.50. The van der Waals surface area contributed by atoms with Crippen LogP contribution in [-0.4, -0.2) is 10.9 Å². The molecule has 0 radical (unpaired) electrons. The molecule has 0 N–H and O–H groups in total. The van der Waals surface area contributed by atoms with Crippen LogP contribution in [0, 0.1) is 0 Å². The van der Waals surface area contributed by atoms with Gasteiger partial charge in [0.1, 0.15) is 0 Å². The standard InChI is InChI=1S/C7H8ClN.ClH/c8-5-4-7-3-1-2-6-9-7;/h1-3,6H,4-5H2;1H. The Kier molecular flexibility index (Phi) is 5.36. The van der Waals surface area contributed by atoms with Crippen LogP contribution in [0.4, 0.5) is 0 Å². The monoisotopic (exact) mass is 177 g/mol. The zero-order valence-corrected chi connectivity index (χ0v) is 7.03. The quantitative estimate of drug-likeness (QED) is 0.633. The number of hydrogen-bond acceptors (Lipinski definition) is 1. The molecule has 56 valence electrons. The molecule has 0 aliphatic heterocycles. The van der Waals surface area contributed by atoms with Gasteiger partial charge in [0, 0.05) is 24.2 Å². The summed E-state index contributed by atoms with van der Waals surface area (Å²) < 4.78 is 0. The van der Waals surface area contributed by atoms with E-state index in [-0.39, 0.29) is 12.4 Å². The predicted octanol–water partition coefficient (Wildman–Crippen LogP) is 2.28. The highest BCUT2D eigenvalue weighted by molar-refractivity contribution is 6.17. The number of halogens is 2. The first kappa shape index (κ1) is 9.73. The summed E-state index contributed by atoms with van der Waals surface area (Å²) in [6, 6.07) is 5.84. The van der Waals surface area contributed by atoms with E-state index in [9.17, 15) is 0 Å². The number of alkyl halides is 1. The van der Waals surface area contributed by atoms with Crippen molar-refractivity contribution in [3.63, 3.8) is 0 Å². The van der Waals surface area contributed by atoms with Crippen LogP contribution in [0.1, 0.15) is 5.69 Å². The molecule has 1 aromatic heterocycles. The fraction of sp³-hybridized carbons (Fsp3) is 0.286. The maximum Gasteiger partial charge on any atom is 0.0415 e. The first-order chi connectivity index (χ1) is 4.43. The highest BCUT2D eigenvalue weighted by Crippen LogP contribution is 1.94. The van der Waals surface area contributed by atoms with Crippen molar-refractivity contribution in [1.29, 1.82) is 0 Å². The zero-order valence-electron chi connectivity index (χ0n) is 5.46. The number of aromatic nitrogens is 1. The van der Waals surface area contributed by atoms with Gasteiger partial charge in [-0.05, 0) is 12.1 Å². The summed E-state index contributed by atoms with van der Waals surface area (Å²) >= 11 is 5.50. The van der Waals surface area contributed by atoms with Gasteiger partial charge in [-0.15, -0.1) is 24.0 Å². The molecule has 0 atom stereocenters. The van der Waals surface area contributed by atoms with E-state index in [1.54, 1.807) is 6.20 Å². The number of rotatable bonds is 2. The number of aryl methyl sites for hydroxylation is 1. The normalized spacial score (nSPS) is 8.50. The van der Waals surface area contributed by atoms with Crippen molar-refractivity contribution < 1.29 is 0 Å². The molecule has 0 fully saturated rings. The van der Waals surface area contributed by atoms with Crippen LogP contribution >= 0.6 is 24.0 Å². The molecular formula is C7H9Cl2N. The van der Waals surface area contributed by atoms with E-state index in [0.29, 0.717) is 5.88 Å². The van der Waals surface area contributed by atoms with Crippen molar-refractivity contribution in [1.82, 2.24) is 4.98 Å². The van der Waals surface area contributed by atoms with Gasteiger partial charge in [0.05, 0.1) is 0 Å². The molecule has 0 spiro atoms. The van der Waals surface area contributed by atoms with Gasteiger partial charge in [-0.2, -0.15) is 0 Å². The van der Waals surface area contributed by atoms with E-state index in [4.69, 9.17) is 11.6 Å². The van der Waals surface area contributed by atoms with Crippen LogP contribution in [0.2, 0.25) is 0 Å². The molecule has 0 saturated carbocycles. The molecule has 0 aliphatic carbocycles.